The van der Waals surface area contributed by atoms with E-state index >= 15 is 0 Å². The molecule has 0 saturated heterocycles. The van der Waals surface area contributed by atoms with Gasteiger partial charge in [-0.25, -0.2) is 9.36 Å². The van der Waals surface area contributed by atoms with Crippen LogP contribution in [0.3, 0.4) is 0 Å². The highest BCUT2D eigenvalue weighted by atomic mass is 15.5. The molecule has 0 radical (unpaired) electrons. The first-order valence-electron chi connectivity index (χ1n) is 4.05. The van der Waals surface area contributed by atoms with Crippen LogP contribution in [0.4, 0.5) is 11.6 Å². The molecule has 0 fully saturated rings. The van der Waals surface area contributed by atoms with E-state index in [1.54, 1.807) is 21.8 Å². The first-order valence-corrected chi connectivity index (χ1v) is 4.05. The van der Waals surface area contributed by atoms with Crippen molar-refractivity contribution in [3.63, 3.8) is 0 Å². The number of aryl methyl sites for hydroxylation is 2. The minimum Gasteiger partial charge on any atom is -0.381 e. The number of hydrogen-bond donors (Lipinski definition) is 2. The number of rotatable bonds is 3. The molecular weight excluding hydrogens is 184 g/mol. The lowest BCUT2D eigenvalue weighted by Gasteiger charge is -1.98. The smallest absolute Gasteiger partial charge is 0.165 e. The van der Waals surface area contributed by atoms with Crippen LogP contribution in [0.25, 0.3) is 0 Å². The fourth-order valence-corrected chi connectivity index (χ4v) is 1.05. The maximum atomic E-state index is 5.40. The molecule has 74 valence electrons. The molecule has 2 rings (SSSR count). The molecule has 0 aromatic carbocycles. The predicted molar refractivity (Wildman–Crippen MR) is 48.9 cm³/mol. The van der Waals surface area contributed by atoms with Gasteiger partial charge in [0.15, 0.2) is 11.6 Å². The third-order valence-corrected chi connectivity index (χ3v) is 1.67. The van der Waals surface area contributed by atoms with Crippen LogP contribution in [0.5, 0.6) is 0 Å². The molecule has 0 unspecified atom stereocenters. The normalized spacial score (nSPS) is 10.6. The van der Waals surface area contributed by atoms with Gasteiger partial charge in [-0.3, -0.25) is 0 Å². The van der Waals surface area contributed by atoms with E-state index in [1.807, 2.05) is 0 Å². The van der Waals surface area contributed by atoms with Gasteiger partial charge in [0.05, 0.1) is 25.5 Å². The highest BCUT2D eigenvalue weighted by molar-refractivity contribution is 5.20. The summed E-state index contributed by atoms with van der Waals surface area (Å²) < 4.78 is 3.26. The van der Waals surface area contributed by atoms with Gasteiger partial charge in [-0.15, -0.1) is 10.2 Å². The second-order valence-electron chi connectivity index (χ2n) is 2.81. The summed E-state index contributed by atoms with van der Waals surface area (Å²) in [5.74, 6) is 0.811. The molecule has 8 heteroatoms. The average molecular weight is 194 g/mol. The molecule has 0 aliphatic heterocycles. The number of anilines is 2. The van der Waals surface area contributed by atoms with E-state index < -0.39 is 0 Å². The zero-order chi connectivity index (χ0) is 9.97. The van der Waals surface area contributed by atoms with Crippen molar-refractivity contribution in [1.82, 2.24) is 30.0 Å². The van der Waals surface area contributed by atoms with Crippen molar-refractivity contribution in [2.75, 3.05) is 11.5 Å². The van der Waals surface area contributed by atoms with E-state index in [-0.39, 0.29) is 0 Å². The highest BCUT2D eigenvalue weighted by Crippen LogP contribution is 1.96. The van der Waals surface area contributed by atoms with Gasteiger partial charge in [0.1, 0.15) is 0 Å². The number of aromatic nitrogens is 6. The van der Waals surface area contributed by atoms with Crippen LogP contribution in [0.15, 0.2) is 12.4 Å². The van der Waals surface area contributed by atoms with Crippen LogP contribution in [0.1, 0.15) is 0 Å². The summed E-state index contributed by atoms with van der Waals surface area (Å²) in [5, 5.41) is 14.9. The Hall–Kier alpha value is -2.12. The molecule has 0 saturated carbocycles. The first kappa shape index (κ1) is 8.48. The lowest BCUT2D eigenvalue weighted by Crippen LogP contribution is -2.08. The Labute approximate surface area is 79.5 Å². The number of nitrogens with two attached hydrogens (primary N) is 2. The van der Waals surface area contributed by atoms with Crippen LogP contribution in [-0.4, -0.2) is 30.0 Å². The Kier molecular flexibility index (Phi) is 2.01. The molecule has 0 aliphatic rings. The van der Waals surface area contributed by atoms with Crippen LogP contribution in [0.2, 0.25) is 0 Å². The summed E-state index contributed by atoms with van der Waals surface area (Å²) in [6.45, 7) is 1.26. The van der Waals surface area contributed by atoms with Gasteiger partial charge in [-0.1, -0.05) is 10.4 Å². The lowest BCUT2D eigenvalue weighted by atomic mass is 10.6. The van der Waals surface area contributed by atoms with Gasteiger partial charge < -0.3 is 11.5 Å². The number of nitrogen functional groups attached to an aromatic ring is 2. The first-order chi connectivity index (χ1) is 6.74. The molecule has 2 heterocycles. The van der Waals surface area contributed by atoms with Crippen LogP contribution in [0, 0.1) is 0 Å². The fraction of sp³-hybridized carbons (Fsp3) is 0.333. The van der Waals surface area contributed by atoms with E-state index in [0.29, 0.717) is 24.7 Å². The summed E-state index contributed by atoms with van der Waals surface area (Å²) in [6.07, 6.45) is 3.31. The predicted octanol–water partition coefficient (Wildman–Crippen LogP) is -1.27. The van der Waals surface area contributed by atoms with Crippen molar-refractivity contribution in [2.24, 2.45) is 0 Å². The Morgan fingerprint density at radius 2 is 1.36 bits per heavy atom. The topological polar surface area (TPSA) is 113 Å². The van der Waals surface area contributed by atoms with Crippen molar-refractivity contribution in [3.05, 3.63) is 12.4 Å². The average Bonchev–Trinajstić information content (AvgIpc) is 2.72. The molecule has 4 N–H and O–H groups in total. The third kappa shape index (κ3) is 1.79. The second-order valence-corrected chi connectivity index (χ2v) is 2.81. The standard InChI is InChI=1S/C6H10N8/c7-5-3-13(11-9-5)1-2-14-4-6(8)10-12-14/h3-4H,1-2,7-8H2. The Morgan fingerprint density at radius 3 is 1.64 bits per heavy atom. The largest absolute Gasteiger partial charge is 0.381 e. The van der Waals surface area contributed by atoms with Gasteiger partial charge in [-0.05, 0) is 0 Å². The zero-order valence-corrected chi connectivity index (χ0v) is 7.41. The van der Waals surface area contributed by atoms with E-state index in [1.165, 1.54) is 0 Å². The Morgan fingerprint density at radius 1 is 0.929 bits per heavy atom. The maximum Gasteiger partial charge on any atom is 0.165 e. The summed E-state index contributed by atoms with van der Waals surface area (Å²) in [6, 6.07) is 0. The summed E-state index contributed by atoms with van der Waals surface area (Å²) >= 11 is 0. The molecule has 8 nitrogen and oxygen atoms in total. The quantitative estimate of drug-likeness (QED) is 0.630. The van der Waals surface area contributed by atoms with Crippen molar-refractivity contribution < 1.29 is 0 Å². The van der Waals surface area contributed by atoms with Gasteiger partial charge in [-0.2, -0.15) is 0 Å². The van der Waals surface area contributed by atoms with E-state index in [4.69, 9.17) is 11.5 Å². The van der Waals surface area contributed by atoms with E-state index in [2.05, 4.69) is 20.6 Å². The minimum atomic E-state index is 0.406. The van der Waals surface area contributed by atoms with Crippen molar-refractivity contribution in [1.29, 1.82) is 0 Å². The third-order valence-electron chi connectivity index (χ3n) is 1.67. The Bertz CT molecular complexity index is 375. The number of nitrogens with zero attached hydrogens (tertiary/aromatic N) is 6. The summed E-state index contributed by atoms with van der Waals surface area (Å²) in [7, 11) is 0. The fourth-order valence-electron chi connectivity index (χ4n) is 1.05. The van der Waals surface area contributed by atoms with Crippen molar-refractivity contribution in [3.8, 4) is 0 Å². The molecule has 0 bridgehead atoms. The molecular formula is C6H10N8. The van der Waals surface area contributed by atoms with Gasteiger partial charge in [0.25, 0.3) is 0 Å². The minimum absolute atomic E-state index is 0.406. The zero-order valence-electron chi connectivity index (χ0n) is 7.41. The van der Waals surface area contributed by atoms with Crippen LogP contribution < -0.4 is 11.5 Å². The molecule has 0 spiro atoms. The second kappa shape index (κ2) is 3.32. The molecule has 2 aromatic heterocycles. The SMILES string of the molecule is Nc1cn(CCn2cc(N)nn2)nn1. The van der Waals surface area contributed by atoms with Gasteiger partial charge in [0, 0.05) is 0 Å². The molecule has 0 aliphatic carbocycles. The summed E-state index contributed by atoms with van der Waals surface area (Å²) in [5.41, 5.74) is 10.8. The molecule has 0 atom stereocenters. The van der Waals surface area contributed by atoms with Crippen LogP contribution >= 0.6 is 0 Å². The number of hydrogen-bond acceptors (Lipinski definition) is 6. The monoisotopic (exact) mass is 194 g/mol. The highest BCUT2D eigenvalue weighted by Gasteiger charge is 1.98. The van der Waals surface area contributed by atoms with E-state index in [0.717, 1.165) is 0 Å². The van der Waals surface area contributed by atoms with Crippen LogP contribution in [-0.2, 0) is 13.1 Å². The molecule has 14 heavy (non-hydrogen) atoms. The summed E-state index contributed by atoms with van der Waals surface area (Å²) in [4.78, 5) is 0. The van der Waals surface area contributed by atoms with E-state index in [9.17, 15) is 0 Å². The van der Waals surface area contributed by atoms with Crippen molar-refractivity contribution >= 4 is 11.6 Å². The lowest BCUT2D eigenvalue weighted by molar-refractivity contribution is 0.480. The maximum absolute atomic E-state index is 5.40. The molecule has 2 aromatic rings. The molecule has 0 amide bonds. The van der Waals surface area contributed by atoms with Crippen molar-refractivity contribution in [2.45, 2.75) is 13.1 Å². The Balaban J connectivity index is 1.94. The van der Waals surface area contributed by atoms with Gasteiger partial charge >= 0.3 is 0 Å². The van der Waals surface area contributed by atoms with Gasteiger partial charge in [0.2, 0.25) is 0 Å².